The van der Waals surface area contributed by atoms with Gasteiger partial charge in [-0.1, -0.05) is 13.8 Å². The van der Waals surface area contributed by atoms with Crippen molar-refractivity contribution in [3.63, 3.8) is 0 Å². The Morgan fingerprint density at radius 1 is 1.03 bits per heavy atom. The van der Waals surface area contributed by atoms with E-state index in [0.717, 1.165) is 5.56 Å². The summed E-state index contributed by atoms with van der Waals surface area (Å²) in [6.07, 6.45) is -0.437. The lowest BCUT2D eigenvalue weighted by atomic mass is 10.0. The normalized spacial score (nSPS) is 12.4. The Morgan fingerprint density at radius 2 is 1.59 bits per heavy atom. The van der Waals surface area contributed by atoms with Gasteiger partial charge < -0.3 is 34.9 Å². The van der Waals surface area contributed by atoms with Crippen molar-refractivity contribution in [2.45, 2.75) is 52.8 Å². The third kappa shape index (κ3) is 10.0. The highest BCUT2D eigenvalue weighted by Crippen LogP contribution is 2.38. The molecule has 0 aliphatic carbocycles. The van der Waals surface area contributed by atoms with Crippen molar-refractivity contribution in [2.24, 2.45) is 10.9 Å². The number of nitrogens with zero attached hydrogens (tertiary/aromatic N) is 1. The summed E-state index contributed by atoms with van der Waals surface area (Å²) in [4.78, 5) is 16.4. The smallest absolute Gasteiger partial charge is 0.407 e. The molecule has 0 aromatic heterocycles. The summed E-state index contributed by atoms with van der Waals surface area (Å²) >= 11 is 0. The molecule has 0 spiro atoms. The number of carbonyl (C=O) groups is 1. The first-order valence-corrected chi connectivity index (χ1v) is 10.3. The van der Waals surface area contributed by atoms with Crippen LogP contribution in [0.1, 0.15) is 40.2 Å². The number of benzene rings is 1. The topological polar surface area (TPSA) is 102 Å². The van der Waals surface area contributed by atoms with E-state index in [2.05, 4.69) is 20.9 Å². The van der Waals surface area contributed by atoms with Gasteiger partial charge in [0, 0.05) is 20.1 Å². The number of guanidine groups is 1. The van der Waals surface area contributed by atoms with Crippen molar-refractivity contribution in [3.8, 4) is 17.2 Å². The lowest BCUT2D eigenvalue weighted by molar-refractivity contribution is 0.0491. The number of methoxy groups -OCH3 is 3. The summed E-state index contributed by atoms with van der Waals surface area (Å²) in [5.41, 5.74) is 0.390. The van der Waals surface area contributed by atoms with Crippen molar-refractivity contribution in [1.29, 1.82) is 0 Å². The molecule has 9 nitrogen and oxygen atoms in total. The van der Waals surface area contributed by atoms with Crippen LogP contribution < -0.4 is 30.2 Å². The molecule has 32 heavy (non-hydrogen) atoms. The summed E-state index contributed by atoms with van der Waals surface area (Å²) < 4.78 is 21.5. The molecule has 1 rings (SSSR count). The lowest BCUT2D eigenvalue weighted by Gasteiger charge is -2.26. The van der Waals surface area contributed by atoms with Crippen LogP contribution in [0, 0.1) is 5.92 Å². The van der Waals surface area contributed by atoms with Gasteiger partial charge in [-0.3, -0.25) is 4.99 Å². The van der Waals surface area contributed by atoms with Gasteiger partial charge in [-0.15, -0.1) is 24.0 Å². The van der Waals surface area contributed by atoms with Gasteiger partial charge in [-0.25, -0.2) is 4.79 Å². The number of hydrogen-bond acceptors (Lipinski definition) is 6. The van der Waals surface area contributed by atoms with E-state index in [1.165, 1.54) is 0 Å². The van der Waals surface area contributed by atoms with Gasteiger partial charge in [-0.05, 0) is 44.4 Å². The molecular weight excluding hydrogens is 527 g/mol. The molecule has 0 radical (unpaired) electrons. The van der Waals surface area contributed by atoms with Gasteiger partial charge in [0.2, 0.25) is 5.75 Å². The van der Waals surface area contributed by atoms with E-state index in [4.69, 9.17) is 18.9 Å². The second-order valence-electron chi connectivity index (χ2n) is 8.34. The Labute approximate surface area is 209 Å². The molecule has 0 saturated heterocycles. The minimum absolute atomic E-state index is 0. The van der Waals surface area contributed by atoms with Crippen molar-refractivity contribution in [2.75, 3.05) is 34.9 Å². The van der Waals surface area contributed by atoms with E-state index in [1.807, 2.05) is 46.8 Å². The molecule has 3 N–H and O–H groups in total. The molecule has 0 aliphatic rings. The highest BCUT2D eigenvalue weighted by Gasteiger charge is 2.21. The summed E-state index contributed by atoms with van der Waals surface area (Å²) in [6, 6.07) is 3.63. The molecule has 0 bridgehead atoms. The van der Waals surface area contributed by atoms with Gasteiger partial charge in [0.1, 0.15) is 5.60 Å². The molecule has 0 heterocycles. The molecule has 0 saturated carbocycles. The van der Waals surface area contributed by atoms with Crippen LogP contribution in [0.5, 0.6) is 17.2 Å². The Bertz CT molecular complexity index is 725. The Balaban J connectivity index is 0.00000961. The van der Waals surface area contributed by atoms with Crippen molar-refractivity contribution in [3.05, 3.63) is 17.7 Å². The molecule has 1 unspecified atom stereocenters. The highest BCUT2D eigenvalue weighted by atomic mass is 127. The van der Waals surface area contributed by atoms with Crippen molar-refractivity contribution in [1.82, 2.24) is 16.0 Å². The van der Waals surface area contributed by atoms with Gasteiger partial charge in [0.25, 0.3) is 0 Å². The number of carbonyl (C=O) groups excluding carboxylic acids is 1. The summed E-state index contributed by atoms with van der Waals surface area (Å²) in [5, 5.41) is 9.42. The van der Waals surface area contributed by atoms with Crippen molar-refractivity contribution < 1.29 is 23.7 Å². The molecule has 1 atom stereocenters. The number of hydrogen-bond donors (Lipinski definition) is 3. The number of nitrogens with one attached hydrogen (secondary N) is 3. The quantitative estimate of drug-likeness (QED) is 0.239. The molecule has 1 aromatic rings. The summed E-state index contributed by atoms with van der Waals surface area (Å²) in [7, 11) is 6.42. The van der Waals surface area contributed by atoms with Crippen LogP contribution in [0.4, 0.5) is 4.79 Å². The third-order valence-electron chi connectivity index (χ3n) is 4.40. The first kappa shape index (κ1) is 29.9. The number of rotatable bonds is 9. The van der Waals surface area contributed by atoms with Gasteiger partial charge in [0.15, 0.2) is 17.5 Å². The average Bonchev–Trinajstić information content (AvgIpc) is 2.70. The molecule has 184 valence electrons. The standard InChI is InChI=1S/C22H38N4O5.HI/c1-14(2)16(26-21(27)31-22(3,4)5)13-25-20(23-6)24-12-15-10-17(28-7)19(30-9)18(11-15)29-8;/h10-11,14,16H,12-13H2,1-9H3,(H,26,27)(H2,23,24,25);1H. The fourth-order valence-corrected chi connectivity index (χ4v) is 2.76. The number of ether oxygens (including phenoxy) is 4. The van der Waals surface area contributed by atoms with Crippen LogP contribution in [-0.4, -0.2) is 58.6 Å². The lowest BCUT2D eigenvalue weighted by Crippen LogP contribution is -2.50. The molecule has 1 amide bonds. The number of amides is 1. The van der Waals surface area contributed by atoms with Gasteiger partial charge in [-0.2, -0.15) is 0 Å². The second kappa shape index (κ2) is 14.1. The number of alkyl carbamates (subject to hydrolysis) is 1. The largest absolute Gasteiger partial charge is 0.493 e. The predicted octanol–water partition coefficient (Wildman–Crippen LogP) is 3.54. The minimum Gasteiger partial charge on any atom is -0.493 e. The van der Waals surface area contributed by atoms with Gasteiger partial charge in [0.05, 0.1) is 27.4 Å². The number of aliphatic imine (C=N–C) groups is 1. The second-order valence-corrected chi connectivity index (χ2v) is 8.34. The fraction of sp³-hybridized carbons (Fsp3) is 0.636. The number of halogens is 1. The highest BCUT2D eigenvalue weighted by molar-refractivity contribution is 14.0. The van der Waals surface area contributed by atoms with Crippen LogP contribution >= 0.6 is 24.0 Å². The monoisotopic (exact) mass is 566 g/mol. The van der Waals surface area contributed by atoms with E-state index < -0.39 is 11.7 Å². The minimum atomic E-state index is -0.545. The van der Waals surface area contributed by atoms with Crippen molar-refractivity contribution >= 4 is 36.0 Å². The Hall–Kier alpha value is -2.11. The van der Waals surface area contributed by atoms with E-state index in [-0.39, 0.29) is 35.9 Å². The molecule has 0 fully saturated rings. The van der Waals surface area contributed by atoms with Crippen LogP contribution in [0.15, 0.2) is 17.1 Å². The van der Waals surface area contributed by atoms with Crippen LogP contribution in [0.3, 0.4) is 0 Å². The maximum absolute atomic E-state index is 12.1. The van der Waals surface area contributed by atoms with E-state index in [1.54, 1.807) is 28.4 Å². The Morgan fingerprint density at radius 3 is 2.00 bits per heavy atom. The average molecular weight is 566 g/mol. The third-order valence-corrected chi connectivity index (χ3v) is 4.40. The first-order valence-electron chi connectivity index (χ1n) is 10.3. The molecule has 10 heteroatoms. The zero-order valence-corrected chi connectivity index (χ0v) is 23.0. The van der Waals surface area contributed by atoms with Crippen LogP contribution in [0.2, 0.25) is 0 Å². The van der Waals surface area contributed by atoms with Gasteiger partial charge >= 0.3 is 6.09 Å². The van der Waals surface area contributed by atoms with E-state index in [9.17, 15) is 4.79 Å². The summed E-state index contributed by atoms with van der Waals surface area (Å²) in [6.45, 7) is 10.6. The summed E-state index contributed by atoms with van der Waals surface area (Å²) in [5.74, 6) is 2.52. The van der Waals surface area contributed by atoms with Crippen LogP contribution in [0.25, 0.3) is 0 Å². The molecule has 0 aliphatic heterocycles. The zero-order chi connectivity index (χ0) is 23.6. The SMILES string of the molecule is CN=C(NCc1cc(OC)c(OC)c(OC)c1)NCC(NC(=O)OC(C)(C)C)C(C)C.I. The maximum atomic E-state index is 12.1. The zero-order valence-electron chi connectivity index (χ0n) is 20.6. The fourth-order valence-electron chi connectivity index (χ4n) is 2.76. The molecular formula is C22H39IN4O5. The first-order chi connectivity index (χ1) is 14.5. The predicted molar refractivity (Wildman–Crippen MR) is 138 cm³/mol. The van der Waals surface area contributed by atoms with E-state index in [0.29, 0.717) is 36.3 Å². The maximum Gasteiger partial charge on any atom is 0.407 e. The Kier molecular flexibility index (Phi) is 13.2. The van der Waals surface area contributed by atoms with E-state index >= 15 is 0 Å². The molecule has 1 aromatic carbocycles. The van der Waals surface area contributed by atoms with Crippen LogP contribution in [-0.2, 0) is 11.3 Å².